The molecule has 2 nitrogen and oxygen atoms in total. The van der Waals surface area contributed by atoms with E-state index in [9.17, 15) is 0 Å². The first-order valence-corrected chi connectivity index (χ1v) is 7.68. The second-order valence-electron chi connectivity index (χ2n) is 4.47. The van der Waals surface area contributed by atoms with E-state index in [0.717, 1.165) is 16.9 Å². The highest BCUT2D eigenvalue weighted by molar-refractivity contribution is 6.59. The lowest BCUT2D eigenvalue weighted by Gasteiger charge is -2.12. The number of hydrogen-bond donors (Lipinski definition) is 0. The molecular weight excluding hydrogens is 341 g/mol. The number of ether oxygens (including phenoxy) is 1. The second kappa shape index (κ2) is 8.23. The zero-order chi connectivity index (χ0) is 15.9. The molecule has 2 aromatic carbocycles. The van der Waals surface area contributed by atoms with E-state index in [4.69, 9.17) is 39.5 Å². The van der Waals surface area contributed by atoms with Crippen LogP contribution in [0.25, 0.3) is 0 Å². The molecule has 0 bridgehead atoms. The van der Waals surface area contributed by atoms with Gasteiger partial charge in [-0.2, -0.15) is 0 Å². The molecule has 0 aromatic heterocycles. The van der Waals surface area contributed by atoms with Crippen molar-refractivity contribution in [3.05, 3.63) is 75.2 Å². The number of benzene rings is 2. The van der Waals surface area contributed by atoms with Crippen LogP contribution in [0.2, 0.25) is 0 Å². The van der Waals surface area contributed by atoms with Crippen LogP contribution in [0.5, 0.6) is 5.75 Å². The third-order valence-corrected chi connectivity index (χ3v) is 4.02. The summed E-state index contributed by atoms with van der Waals surface area (Å²) >= 11 is 17.8. The van der Waals surface area contributed by atoms with Gasteiger partial charge in [0, 0.05) is 6.21 Å². The summed E-state index contributed by atoms with van der Waals surface area (Å²) in [7, 11) is 1.63. The van der Waals surface area contributed by atoms with E-state index in [1.54, 1.807) is 13.3 Å². The first-order valence-electron chi connectivity index (χ1n) is 6.54. The minimum Gasteiger partial charge on any atom is -0.497 e. The van der Waals surface area contributed by atoms with E-state index in [-0.39, 0.29) is 4.49 Å². The second-order valence-corrected chi connectivity index (χ2v) is 5.83. The summed E-state index contributed by atoms with van der Waals surface area (Å²) in [6, 6.07) is 16.7. The highest BCUT2D eigenvalue weighted by Gasteiger charge is 2.16. The standard InChI is InChI=1S/C17H14Cl3NO/c1-22-14-9-7-12(8-10-14)11-21-16(15(18)17(19)20)13-5-3-2-4-6-13/h2-11,16H,1H3. The maximum absolute atomic E-state index is 6.21. The van der Waals surface area contributed by atoms with Crippen molar-refractivity contribution in [3.8, 4) is 5.75 Å². The topological polar surface area (TPSA) is 21.6 Å². The molecule has 0 aliphatic rings. The zero-order valence-corrected chi connectivity index (χ0v) is 14.1. The van der Waals surface area contributed by atoms with Gasteiger partial charge in [0.1, 0.15) is 16.3 Å². The highest BCUT2D eigenvalue weighted by atomic mass is 35.5. The first-order chi connectivity index (χ1) is 10.6. The minimum atomic E-state index is -0.435. The Hall–Kier alpha value is -1.48. The third-order valence-electron chi connectivity index (χ3n) is 3.02. The highest BCUT2D eigenvalue weighted by Crippen LogP contribution is 2.33. The van der Waals surface area contributed by atoms with Gasteiger partial charge in [0.05, 0.1) is 12.1 Å². The number of hydrogen-bond acceptors (Lipinski definition) is 2. The lowest BCUT2D eigenvalue weighted by atomic mass is 10.1. The molecule has 0 heterocycles. The summed E-state index contributed by atoms with van der Waals surface area (Å²) in [6.07, 6.45) is 1.73. The molecule has 0 amide bonds. The van der Waals surface area contributed by atoms with Crippen molar-refractivity contribution in [3.63, 3.8) is 0 Å². The van der Waals surface area contributed by atoms with Crippen LogP contribution in [0.15, 0.2) is 69.1 Å². The van der Waals surface area contributed by atoms with Gasteiger partial charge in [0.25, 0.3) is 0 Å². The molecule has 0 aliphatic heterocycles. The van der Waals surface area contributed by atoms with Gasteiger partial charge in [0.15, 0.2) is 0 Å². The van der Waals surface area contributed by atoms with Gasteiger partial charge in [-0.25, -0.2) is 0 Å². The van der Waals surface area contributed by atoms with Crippen molar-refractivity contribution < 1.29 is 4.74 Å². The Labute approximate surface area is 145 Å². The number of nitrogens with zero attached hydrogens (tertiary/aromatic N) is 1. The van der Waals surface area contributed by atoms with Crippen LogP contribution in [0.1, 0.15) is 17.2 Å². The molecule has 0 saturated carbocycles. The lowest BCUT2D eigenvalue weighted by molar-refractivity contribution is 0.415. The largest absolute Gasteiger partial charge is 0.497 e. The lowest BCUT2D eigenvalue weighted by Crippen LogP contribution is -1.97. The maximum atomic E-state index is 6.21. The molecule has 2 aromatic rings. The van der Waals surface area contributed by atoms with Crippen LogP contribution in [0, 0.1) is 0 Å². The molecule has 0 radical (unpaired) electrons. The predicted octanol–water partition coefficient (Wildman–Crippen LogP) is 5.74. The first kappa shape index (κ1) is 16.9. The van der Waals surface area contributed by atoms with Crippen molar-refractivity contribution in [1.29, 1.82) is 0 Å². The van der Waals surface area contributed by atoms with Crippen molar-refractivity contribution >= 4 is 41.0 Å². The fourth-order valence-electron chi connectivity index (χ4n) is 1.89. The number of aliphatic imine (C=N–C) groups is 1. The fraction of sp³-hybridized carbons (Fsp3) is 0.118. The van der Waals surface area contributed by atoms with E-state index < -0.39 is 6.04 Å². The molecular formula is C17H14Cl3NO. The van der Waals surface area contributed by atoms with E-state index in [0.29, 0.717) is 5.03 Å². The SMILES string of the molecule is COc1ccc(C=NC(C(Cl)=C(Cl)Cl)c2ccccc2)cc1. The van der Waals surface area contributed by atoms with Crippen LogP contribution in [0.4, 0.5) is 0 Å². The Morgan fingerprint density at radius 1 is 1.00 bits per heavy atom. The molecule has 114 valence electrons. The van der Waals surface area contributed by atoms with Gasteiger partial charge >= 0.3 is 0 Å². The molecule has 1 unspecified atom stereocenters. The maximum Gasteiger partial charge on any atom is 0.123 e. The zero-order valence-electron chi connectivity index (χ0n) is 11.8. The van der Waals surface area contributed by atoms with Crippen LogP contribution >= 0.6 is 34.8 Å². The summed E-state index contributed by atoms with van der Waals surface area (Å²) < 4.78 is 5.14. The van der Waals surface area contributed by atoms with Crippen LogP contribution in [0.3, 0.4) is 0 Å². The number of halogens is 3. The normalized spacial score (nSPS) is 12.2. The van der Waals surface area contributed by atoms with Crippen molar-refractivity contribution in [2.75, 3.05) is 7.11 Å². The van der Waals surface area contributed by atoms with Crippen LogP contribution < -0.4 is 4.74 Å². The fourth-order valence-corrected chi connectivity index (χ4v) is 2.28. The monoisotopic (exact) mass is 353 g/mol. The smallest absolute Gasteiger partial charge is 0.123 e. The molecule has 22 heavy (non-hydrogen) atoms. The van der Waals surface area contributed by atoms with Crippen molar-refractivity contribution in [2.24, 2.45) is 4.99 Å². The Morgan fingerprint density at radius 2 is 1.64 bits per heavy atom. The molecule has 1 atom stereocenters. The number of rotatable bonds is 5. The predicted molar refractivity (Wildman–Crippen MR) is 94.4 cm³/mol. The molecule has 5 heteroatoms. The Balaban J connectivity index is 2.30. The van der Waals surface area contributed by atoms with Gasteiger partial charge in [-0.1, -0.05) is 65.1 Å². The summed E-state index contributed by atoms with van der Waals surface area (Å²) in [4.78, 5) is 4.52. The summed E-state index contributed by atoms with van der Waals surface area (Å²) in [5.41, 5.74) is 1.84. The molecule has 2 rings (SSSR count). The van der Waals surface area contributed by atoms with E-state index in [2.05, 4.69) is 4.99 Å². The Bertz CT molecular complexity index is 662. The molecule has 0 spiro atoms. The van der Waals surface area contributed by atoms with E-state index >= 15 is 0 Å². The van der Waals surface area contributed by atoms with Gasteiger partial charge in [-0.05, 0) is 35.4 Å². The van der Waals surface area contributed by atoms with E-state index in [1.807, 2.05) is 54.6 Å². The molecule has 0 N–H and O–H groups in total. The summed E-state index contributed by atoms with van der Waals surface area (Å²) in [6.45, 7) is 0. The van der Waals surface area contributed by atoms with Crippen molar-refractivity contribution in [1.82, 2.24) is 0 Å². The van der Waals surface area contributed by atoms with Gasteiger partial charge in [0.2, 0.25) is 0 Å². The Kier molecular flexibility index (Phi) is 6.32. The van der Waals surface area contributed by atoms with Crippen LogP contribution in [-0.2, 0) is 0 Å². The third kappa shape index (κ3) is 4.51. The molecule has 0 aliphatic carbocycles. The van der Waals surface area contributed by atoms with E-state index in [1.165, 1.54) is 0 Å². The minimum absolute atomic E-state index is 0.0161. The van der Waals surface area contributed by atoms with Crippen LogP contribution in [-0.4, -0.2) is 13.3 Å². The Morgan fingerprint density at radius 3 is 2.18 bits per heavy atom. The van der Waals surface area contributed by atoms with Gasteiger partial charge in [-0.3, -0.25) is 4.99 Å². The molecule has 0 saturated heterocycles. The van der Waals surface area contributed by atoms with Gasteiger partial charge < -0.3 is 4.74 Å². The average molecular weight is 355 g/mol. The van der Waals surface area contributed by atoms with Crippen molar-refractivity contribution in [2.45, 2.75) is 6.04 Å². The quantitative estimate of drug-likeness (QED) is 0.627. The average Bonchev–Trinajstić information content (AvgIpc) is 2.56. The summed E-state index contributed by atoms with van der Waals surface area (Å²) in [5.74, 6) is 0.790. The van der Waals surface area contributed by atoms with Gasteiger partial charge in [-0.15, -0.1) is 0 Å². The number of methoxy groups -OCH3 is 1. The molecule has 0 fully saturated rings. The summed E-state index contributed by atoms with van der Waals surface area (Å²) in [5, 5.41) is 0.291.